The number of amides is 1. The van der Waals surface area contributed by atoms with E-state index < -0.39 is 23.6 Å². The van der Waals surface area contributed by atoms with Crippen molar-refractivity contribution in [3.05, 3.63) is 53.6 Å². The highest BCUT2D eigenvalue weighted by atomic mass is 32.1. The van der Waals surface area contributed by atoms with E-state index in [-0.39, 0.29) is 11.3 Å². The summed E-state index contributed by atoms with van der Waals surface area (Å²) in [6.07, 6.45) is -3.71. The molecule has 2 rings (SSSR count). The molecule has 21 heavy (non-hydrogen) atoms. The summed E-state index contributed by atoms with van der Waals surface area (Å²) in [4.78, 5) is 15.4. The number of pyridine rings is 1. The maximum atomic E-state index is 13.5. The van der Waals surface area contributed by atoms with Gasteiger partial charge in [-0.2, -0.15) is 13.2 Å². The van der Waals surface area contributed by atoms with Crippen molar-refractivity contribution < 1.29 is 22.4 Å². The van der Waals surface area contributed by atoms with Crippen LogP contribution in [-0.2, 0) is 6.18 Å². The zero-order chi connectivity index (χ0) is 15.6. The third kappa shape index (κ3) is 3.72. The molecule has 1 heterocycles. The molecular weight excluding hydrogens is 308 g/mol. The Balaban J connectivity index is 2.18. The third-order valence-corrected chi connectivity index (χ3v) is 2.78. The minimum atomic E-state index is -4.56. The fourth-order valence-corrected chi connectivity index (χ4v) is 1.72. The van der Waals surface area contributed by atoms with Crippen LogP contribution in [0.1, 0.15) is 16.1 Å². The van der Waals surface area contributed by atoms with E-state index >= 15 is 0 Å². The summed E-state index contributed by atoms with van der Waals surface area (Å²) in [5.41, 5.74) is -1.32. The highest BCUT2D eigenvalue weighted by molar-refractivity contribution is 7.80. The maximum absolute atomic E-state index is 13.5. The van der Waals surface area contributed by atoms with Crippen LogP contribution in [0, 0.1) is 5.82 Å². The molecule has 110 valence electrons. The van der Waals surface area contributed by atoms with Gasteiger partial charge in [0.25, 0.3) is 5.91 Å². The van der Waals surface area contributed by atoms with E-state index in [1.54, 1.807) is 0 Å². The molecule has 1 aromatic carbocycles. The van der Waals surface area contributed by atoms with Crippen molar-refractivity contribution in [3.8, 4) is 0 Å². The molecule has 0 saturated carbocycles. The lowest BCUT2D eigenvalue weighted by Crippen LogP contribution is -2.15. The molecule has 0 aliphatic carbocycles. The second-order valence-electron chi connectivity index (χ2n) is 4.05. The largest absolute Gasteiger partial charge is 0.433 e. The van der Waals surface area contributed by atoms with Crippen molar-refractivity contribution in [2.24, 2.45) is 0 Å². The standard InChI is InChI=1S/C13H8F4N2OS/c14-10-3-2-8(21)5-9(10)12(20)19-7-1-4-11(18-6-7)13(15,16)17/h1-6,21H,(H,19,20). The number of aromatic nitrogens is 1. The van der Waals surface area contributed by atoms with Crippen molar-refractivity contribution in [2.45, 2.75) is 11.1 Å². The van der Waals surface area contributed by atoms with E-state index in [4.69, 9.17) is 0 Å². The number of benzene rings is 1. The van der Waals surface area contributed by atoms with Crippen molar-refractivity contribution in [1.82, 2.24) is 4.98 Å². The van der Waals surface area contributed by atoms with Gasteiger partial charge in [-0.25, -0.2) is 9.37 Å². The number of nitrogens with one attached hydrogen (secondary N) is 1. The van der Waals surface area contributed by atoms with Crippen LogP contribution in [0.3, 0.4) is 0 Å². The fourth-order valence-electron chi connectivity index (χ4n) is 1.52. The molecule has 0 atom stereocenters. The van der Waals surface area contributed by atoms with E-state index in [9.17, 15) is 22.4 Å². The molecule has 0 fully saturated rings. The van der Waals surface area contributed by atoms with E-state index in [0.29, 0.717) is 4.90 Å². The number of carbonyl (C=O) groups excluding carboxylic acids is 1. The number of anilines is 1. The zero-order valence-corrected chi connectivity index (χ0v) is 11.2. The number of hydrogen-bond donors (Lipinski definition) is 2. The molecule has 0 aliphatic heterocycles. The Hall–Kier alpha value is -2.09. The van der Waals surface area contributed by atoms with Crippen molar-refractivity contribution in [3.63, 3.8) is 0 Å². The molecule has 0 saturated heterocycles. The van der Waals surface area contributed by atoms with Crippen LogP contribution in [0.5, 0.6) is 0 Å². The minimum absolute atomic E-state index is 0.0250. The molecule has 3 nitrogen and oxygen atoms in total. The van der Waals surface area contributed by atoms with Gasteiger partial charge < -0.3 is 5.32 Å². The Morgan fingerprint density at radius 3 is 2.48 bits per heavy atom. The Morgan fingerprint density at radius 1 is 1.19 bits per heavy atom. The predicted molar refractivity (Wildman–Crippen MR) is 70.8 cm³/mol. The summed E-state index contributed by atoms with van der Waals surface area (Å²) < 4.78 is 50.5. The molecular formula is C13H8F4N2OS. The number of rotatable bonds is 2. The van der Waals surface area contributed by atoms with Gasteiger partial charge in [-0.15, -0.1) is 12.6 Å². The Bertz CT molecular complexity index is 671. The number of nitrogens with zero attached hydrogens (tertiary/aromatic N) is 1. The van der Waals surface area contributed by atoms with E-state index in [2.05, 4.69) is 22.9 Å². The lowest BCUT2D eigenvalue weighted by atomic mass is 10.2. The molecule has 1 amide bonds. The van der Waals surface area contributed by atoms with Crippen LogP contribution in [0.2, 0.25) is 0 Å². The smallest absolute Gasteiger partial charge is 0.320 e. The van der Waals surface area contributed by atoms with Gasteiger partial charge in [0.15, 0.2) is 0 Å². The van der Waals surface area contributed by atoms with Crippen LogP contribution < -0.4 is 5.32 Å². The summed E-state index contributed by atoms with van der Waals surface area (Å²) in [5, 5.41) is 2.26. The van der Waals surface area contributed by atoms with Gasteiger partial charge in [0, 0.05) is 4.90 Å². The topological polar surface area (TPSA) is 42.0 Å². The summed E-state index contributed by atoms with van der Waals surface area (Å²) >= 11 is 3.98. The summed E-state index contributed by atoms with van der Waals surface area (Å²) in [7, 11) is 0. The Kier molecular flexibility index (Phi) is 4.17. The third-order valence-electron chi connectivity index (χ3n) is 2.51. The first-order valence-corrected chi connectivity index (χ1v) is 6.05. The lowest BCUT2D eigenvalue weighted by Gasteiger charge is -2.08. The van der Waals surface area contributed by atoms with E-state index in [0.717, 1.165) is 24.4 Å². The number of carbonyl (C=O) groups is 1. The number of hydrogen-bond acceptors (Lipinski definition) is 3. The van der Waals surface area contributed by atoms with Gasteiger partial charge in [-0.05, 0) is 30.3 Å². The minimum Gasteiger partial charge on any atom is -0.320 e. The van der Waals surface area contributed by atoms with Gasteiger partial charge in [0.1, 0.15) is 11.5 Å². The number of alkyl halides is 3. The van der Waals surface area contributed by atoms with Crippen LogP contribution in [0.25, 0.3) is 0 Å². The molecule has 2 aromatic rings. The van der Waals surface area contributed by atoms with Gasteiger partial charge >= 0.3 is 6.18 Å². The van der Waals surface area contributed by atoms with E-state index in [1.807, 2.05) is 0 Å². The quantitative estimate of drug-likeness (QED) is 0.654. The average Bonchev–Trinajstić information content (AvgIpc) is 2.41. The second kappa shape index (κ2) is 5.72. The molecule has 0 bridgehead atoms. The molecule has 0 unspecified atom stereocenters. The number of thiol groups is 1. The maximum Gasteiger partial charge on any atom is 0.433 e. The molecule has 1 aromatic heterocycles. The van der Waals surface area contributed by atoms with Crippen LogP contribution >= 0.6 is 12.6 Å². The fraction of sp³-hybridized carbons (Fsp3) is 0.0769. The second-order valence-corrected chi connectivity index (χ2v) is 4.56. The van der Waals surface area contributed by atoms with E-state index in [1.165, 1.54) is 12.1 Å². The normalized spacial score (nSPS) is 11.3. The van der Waals surface area contributed by atoms with Gasteiger partial charge in [-0.3, -0.25) is 4.79 Å². The van der Waals surface area contributed by atoms with Crippen molar-refractivity contribution in [1.29, 1.82) is 0 Å². The zero-order valence-electron chi connectivity index (χ0n) is 10.3. The SMILES string of the molecule is O=C(Nc1ccc(C(F)(F)F)nc1)c1cc(S)ccc1F. The van der Waals surface area contributed by atoms with Crippen LogP contribution in [0.4, 0.5) is 23.2 Å². The average molecular weight is 316 g/mol. The Morgan fingerprint density at radius 2 is 1.90 bits per heavy atom. The first-order valence-electron chi connectivity index (χ1n) is 5.60. The summed E-state index contributed by atoms with van der Waals surface area (Å²) in [5.74, 6) is -1.56. The highest BCUT2D eigenvalue weighted by Gasteiger charge is 2.32. The van der Waals surface area contributed by atoms with Gasteiger partial charge in [-0.1, -0.05) is 0 Å². The van der Waals surface area contributed by atoms with Crippen LogP contribution in [-0.4, -0.2) is 10.9 Å². The molecule has 0 radical (unpaired) electrons. The molecule has 1 N–H and O–H groups in total. The number of halogens is 4. The molecule has 8 heteroatoms. The van der Waals surface area contributed by atoms with Crippen molar-refractivity contribution in [2.75, 3.05) is 5.32 Å². The van der Waals surface area contributed by atoms with Gasteiger partial charge in [0.2, 0.25) is 0 Å². The monoisotopic (exact) mass is 316 g/mol. The van der Waals surface area contributed by atoms with Gasteiger partial charge in [0.05, 0.1) is 17.4 Å². The highest BCUT2D eigenvalue weighted by Crippen LogP contribution is 2.27. The molecule has 0 spiro atoms. The first kappa shape index (κ1) is 15.3. The lowest BCUT2D eigenvalue weighted by molar-refractivity contribution is -0.141. The predicted octanol–water partition coefficient (Wildman–Crippen LogP) is 3.78. The molecule has 0 aliphatic rings. The summed E-state index contributed by atoms with van der Waals surface area (Å²) in [6, 6.07) is 5.42. The Labute approximate surface area is 122 Å². The van der Waals surface area contributed by atoms with Crippen LogP contribution in [0.15, 0.2) is 41.4 Å². The van der Waals surface area contributed by atoms with Crippen molar-refractivity contribution >= 4 is 24.2 Å². The summed E-state index contributed by atoms with van der Waals surface area (Å²) in [6.45, 7) is 0. The first-order chi connectivity index (χ1) is 9.77.